The van der Waals surface area contributed by atoms with Crippen molar-refractivity contribution in [1.82, 2.24) is 9.80 Å². The highest BCUT2D eigenvalue weighted by atomic mass is 32.2. The molecule has 0 unspecified atom stereocenters. The lowest BCUT2D eigenvalue weighted by molar-refractivity contribution is -0.137. The summed E-state index contributed by atoms with van der Waals surface area (Å²) in [5.41, 5.74) is -0.102. The van der Waals surface area contributed by atoms with E-state index in [1.807, 2.05) is 0 Å². The monoisotopic (exact) mass is 398 g/mol. The van der Waals surface area contributed by atoms with Crippen molar-refractivity contribution in [3.63, 3.8) is 0 Å². The molecule has 2 heterocycles. The van der Waals surface area contributed by atoms with E-state index in [1.54, 1.807) is 24.1 Å². The quantitative estimate of drug-likeness (QED) is 0.772. The van der Waals surface area contributed by atoms with Gasteiger partial charge in [0.15, 0.2) is 5.76 Å². The molecule has 2 amide bonds. The normalized spacial score (nSPS) is 17.4. The van der Waals surface area contributed by atoms with Crippen molar-refractivity contribution < 1.29 is 27.2 Å². The van der Waals surface area contributed by atoms with Crippen LogP contribution in [-0.2, 0) is 11.0 Å². The highest BCUT2D eigenvalue weighted by molar-refractivity contribution is 8.00. The van der Waals surface area contributed by atoms with Crippen LogP contribution in [0.1, 0.15) is 27.1 Å². The fourth-order valence-electron chi connectivity index (χ4n) is 2.76. The second kappa shape index (κ2) is 7.67. The molecule has 1 aromatic carbocycles. The Hall–Kier alpha value is -2.42. The van der Waals surface area contributed by atoms with Crippen molar-refractivity contribution >= 4 is 23.6 Å². The van der Waals surface area contributed by atoms with Crippen LogP contribution in [0, 0.1) is 0 Å². The van der Waals surface area contributed by atoms with Crippen molar-refractivity contribution in [1.29, 1.82) is 0 Å². The Morgan fingerprint density at radius 3 is 2.59 bits per heavy atom. The van der Waals surface area contributed by atoms with Gasteiger partial charge in [0.25, 0.3) is 5.91 Å². The van der Waals surface area contributed by atoms with Crippen LogP contribution in [0.2, 0.25) is 0 Å². The fourth-order valence-corrected chi connectivity index (χ4v) is 3.98. The van der Waals surface area contributed by atoms with Crippen LogP contribution in [0.15, 0.2) is 47.1 Å². The minimum Gasteiger partial charge on any atom is -0.459 e. The topological polar surface area (TPSA) is 53.8 Å². The third-order valence-electron chi connectivity index (χ3n) is 4.25. The summed E-state index contributed by atoms with van der Waals surface area (Å²) < 4.78 is 43.2. The van der Waals surface area contributed by atoms with E-state index in [1.165, 1.54) is 35.1 Å². The van der Waals surface area contributed by atoms with Crippen LogP contribution in [0.25, 0.3) is 0 Å². The smallest absolute Gasteiger partial charge is 0.416 e. The number of furan rings is 1. The van der Waals surface area contributed by atoms with Gasteiger partial charge in [-0.05, 0) is 29.8 Å². The molecule has 1 saturated heterocycles. The maximum Gasteiger partial charge on any atom is 0.416 e. The Morgan fingerprint density at radius 1 is 1.30 bits per heavy atom. The minimum absolute atomic E-state index is 0.108. The van der Waals surface area contributed by atoms with Gasteiger partial charge in [-0.2, -0.15) is 13.2 Å². The Morgan fingerprint density at radius 2 is 2.00 bits per heavy atom. The number of halogens is 3. The number of amides is 2. The molecule has 27 heavy (non-hydrogen) atoms. The fraction of sp³-hybridized carbons (Fsp3) is 0.333. The van der Waals surface area contributed by atoms with Crippen molar-refractivity contribution in [3.05, 3.63) is 59.5 Å². The van der Waals surface area contributed by atoms with Crippen LogP contribution in [0.4, 0.5) is 13.2 Å². The van der Waals surface area contributed by atoms with Gasteiger partial charge in [-0.1, -0.05) is 12.1 Å². The Bertz CT molecular complexity index is 806. The van der Waals surface area contributed by atoms with E-state index in [9.17, 15) is 22.8 Å². The van der Waals surface area contributed by atoms with Gasteiger partial charge in [0.05, 0.1) is 17.6 Å². The maximum absolute atomic E-state index is 12.7. The summed E-state index contributed by atoms with van der Waals surface area (Å²) in [4.78, 5) is 27.4. The number of likely N-dealkylation sites (N-methyl/N-ethyl adjacent to an activating group) is 1. The largest absolute Gasteiger partial charge is 0.459 e. The molecule has 0 radical (unpaired) electrons. The average molecular weight is 398 g/mol. The van der Waals surface area contributed by atoms with Crippen molar-refractivity contribution in [3.8, 4) is 0 Å². The molecule has 144 valence electrons. The Kier molecular flexibility index (Phi) is 5.50. The number of rotatable bonds is 5. The van der Waals surface area contributed by atoms with Gasteiger partial charge in [0.1, 0.15) is 5.37 Å². The minimum atomic E-state index is -4.40. The van der Waals surface area contributed by atoms with E-state index >= 15 is 0 Å². The summed E-state index contributed by atoms with van der Waals surface area (Å²) in [6, 6.07) is 7.99. The zero-order chi connectivity index (χ0) is 19.6. The lowest BCUT2D eigenvalue weighted by Crippen LogP contribution is -2.38. The maximum atomic E-state index is 12.7. The van der Waals surface area contributed by atoms with E-state index in [0.717, 1.165) is 12.1 Å². The zero-order valence-electron chi connectivity index (χ0n) is 14.4. The summed E-state index contributed by atoms with van der Waals surface area (Å²) in [6.07, 6.45) is -2.99. The third kappa shape index (κ3) is 4.29. The first kappa shape index (κ1) is 19.3. The van der Waals surface area contributed by atoms with Crippen molar-refractivity contribution in [2.24, 2.45) is 0 Å². The number of alkyl halides is 3. The highest BCUT2D eigenvalue weighted by Crippen LogP contribution is 2.39. The molecule has 0 N–H and O–H groups in total. The van der Waals surface area contributed by atoms with Gasteiger partial charge in [0, 0.05) is 20.1 Å². The van der Waals surface area contributed by atoms with Crippen LogP contribution < -0.4 is 0 Å². The first-order chi connectivity index (χ1) is 12.8. The van der Waals surface area contributed by atoms with E-state index in [-0.39, 0.29) is 41.8 Å². The third-order valence-corrected chi connectivity index (χ3v) is 5.50. The molecular weight excluding hydrogens is 381 g/mol. The Balaban J connectivity index is 1.67. The number of carbonyl (C=O) groups is 2. The first-order valence-electron chi connectivity index (χ1n) is 8.14. The molecule has 0 aliphatic carbocycles. The lowest BCUT2D eigenvalue weighted by atomic mass is 10.1. The highest BCUT2D eigenvalue weighted by Gasteiger charge is 2.34. The Labute approximate surface area is 158 Å². The molecule has 1 aliphatic rings. The standard InChI is InChI=1S/C18H17F3N2O3S/c1-22(16(25)14-3-2-10-26-14)8-9-23-15(24)11-27-17(23)12-4-6-13(7-5-12)18(19,20)21/h2-7,10,17H,8-9,11H2,1H3/t17-/m1/s1. The average Bonchev–Trinajstić information content (AvgIpc) is 3.28. The number of benzene rings is 1. The van der Waals surface area contributed by atoms with Crippen LogP contribution in [-0.4, -0.2) is 47.5 Å². The van der Waals surface area contributed by atoms with Gasteiger partial charge in [-0.25, -0.2) is 0 Å². The molecular formula is C18H17F3N2O3S. The van der Waals surface area contributed by atoms with Crippen LogP contribution in [0.3, 0.4) is 0 Å². The molecule has 0 spiro atoms. The molecule has 1 aliphatic heterocycles. The van der Waals surface area contributed by atoms with Gasteiger partial charge in [-0.3, -0.25) is 9.59 Å². The second-order valence-corrected chi connectivity index (χ2v) is 7.14. The molecule has 1 atom stereocenters. The summed E-state index contributed by atoms with van der Waals surface area (Å²) in [7, 11) is 1.60. The molecule has 9 heteroatoms. The van der Waals surface area contributed by atoms with Crippen LogP contribution >= 0.6 is 11.8 Å². The molecule has 2 aromatic rings. The molecule has 0 saturated carbocycles. The molecule has 0 bridgehead atoms. The summed E-state index contributed by atoms with van der Waals surface area (Å²) in [5, 5.41) is -0.369. The van der Waals surface area contributed by atoms with Gasteiger partial charge < -0.3 is 14.2 Å². The second-order valence-electron chi connectivity index (χ2n) is 6.07. The SMILES string of the molecule is CN(CCN1C(=O)CS[C@@H]1c1ccc(C(F)(F)F)cc1)C(=O)c1ccco1. The predicted octanol–water partition coefficient (Wildman–Crippen LogP) is 3.64. The first-order valence-corrected chi connectivity index (χ1v) is 9.19. The lowest BCUT2D eigenvalue weighted by Gasteiger charge is -2.27. The van der Waals surface area contributed by atoms with Crippen molar-refractivity contribution in [2.75, 3.05) is 25.9 Å². The van der Waals surface area contributed by atoms with E-state index in [0.29, 0.717) is 5.56 Å². The molecule has 1 aromatic heterocycles. The number of carbonyl (C=O) groups excluding carboxylic acids is 2. The molecule has 5 nitrogen and oxygen atoms in total. The number of thioether (sulfide) groups is 1. The number of hydrogen-bond acceptors (Lipinski definition) is 4. The zero-order valence-corrected chi connectivity index (χ0v) is 15.2. The summed E-state index contributed by atoms with van der Waals surface area (Å²) in [6.45, 7) is 0.559. The molecule has 3 rings (SSSR count). The van der Waals surface area contributed by atoms with Crippen LogP contribution in [0.5, 0.6) is 0 Å². The van der Waals surface area contributed by atoms with E-state index in [4.69, 9.17) is 4.42 Å². The van der Waals surface area contributed by atoms with Gasteiger partial charge in [0.2, 0.25) is 5.91 Å². The van der Waals surface area contributed by atoms with E-state index in [2.05, 4.69) is 0 Å². The predicted molar refractivity (Wildman–Crippen MR) is 94.0 cm³/mol. The number of nitrogens with zero attached hydrogens (tertiary/aromatic N) is 2. The van der Waals surface area contributed by atoms with Crippen molar-refractivity contribution in [2.45, 2.75) is 11.6 Å². The summed E-state index contributed by atoms with van der Waals surface area (Å²) in [5.74, 6) is 0.0506. The van der Waals surface area contributed by atoms with Gasteiger partial charge in [-0.15, -0.1) is 11.8 Å². The van der Waals surface area contributed by atoms with Gasteiger partial charge >= 0.3 is 6.18 Å². The molecule has 1 fully saturated rings. The van der Waals surface area contributed by atoms with E-state index < -0.39 is 11.7 Å². The summed E-state index contributed by atoms with van der Waals surface area (Å²) >= 11 is 1.36. The number of hydrogen-bond donors (Lipinski definition) is 0.